The van der Waals surface area contributed by atoms with Gasteiger partial charge in [-0.25, -0.2) is 0 Å². The van der Waals surface area contributed by atoms with Gasteiger partial charge >= 0.3 is 0 Å². The number of unbranched alkanes of at least 4 members (excludes halogenated alkanes) is 4. The molecule has 1 spiro atoms. The lowest BCUT2D eigenvalue weighted by Gasteiger charge is -2.44. The molecule has 5 heteroatoms. The van der Waals surface area contributed by atoms with Crippen molar-refractivity contribution < 1.29 is 9.59 Å². The minimum absolute atomic E-state index is 0.0777. The van der Waals surface area contributed by atoms with Gasteiger partial charge in [0.2, 0.25) is 11.8 Å². The number of hydrogen-bond acceptors (Lipinski definition) is 3. The highest BCUT2D eigenvalue weighted by atomic mass is 32.2. The van der Waals surface area contributed by atoms with E-state index in [1.807, 2.05) is 34.9 Å². The van der Waals surface area contributed by atoms with Crippen LogP contribution in [-0.2, 0) is 16.0 Å². The Bertz CT molecular complexity index is 656. The van der Waals surface area contributed by atoms with Crippen LogP contribution in [0.5, 0.6) is 0 Å². The lowest BCUT2D eigenvalue weighted by Crippen LogP contribution is -2.53. The smallest absolute Gasteiger partial charge is 0.224 e. The van der Waals surface area contributed by atoms with Gasteiger partial charge in [0.1, 0.15) is 0 Å². The maximum Gasteiger partial charge on any atom is 0.224 e. The second kappa shape index (κ2) is 11.1. The zero-order valence-electron chi connectivity index (χ0n) is 17.9. The SMILES string of the molecule is CCCCCCCC(=O)N1CCC2(CC1)SCCN2C(=O)CCc1ccccc1. The molecule has 2 heterocycles. The van der Waals surface area contributed by atoms with Gasteiger partial charge in [0.15, 0.2) is 0 Å². The number of carbonyl (C=O) groups excluding carboxylic acids is 2. The Kier molecular flexibility index (Phi) is 8.46. The van der Waals surface area contributed by atoms with E-state index >= 15 is 0 Å². The Morgan fingerprint density at radius 1 is 0.931 bits per heavy atom. The van der Waals surface area contributed by atoms with Gasteiger partial charge < -0.3 is 9.80 Å². The van der Waals surface area contributed by atoms with Gasteiger partial charge in [-0.05, 0) is 31.2 Å². The van der Waals surface area contributed by atoms with Crippen LogP contribution in [0.1, 0.15) is 70.3 Å². The molecule has 29 heavy (non-hydrogen) atoms. The van der Waals surface area contributed by atoms with Crippen molar-refractivity contribution in [1.29, 1.82) is 0 Å². The highest BCUT2D eigenvalue weighted by Crippen LogP contribution is 2.44. The summed E-state index contributed by atoms with van der Waals surface area (Å²) in [7, 11) is 0. The average Bonchev–Trinajstić information content (AvgIpc) is 3.16. The van der Waals surface area contributed by atoms with Crippen molar-refractivity contribution in [3.63, 3.8) is 0 Å². The van der Waals surface area contributed by atoms with Crippen LogP contribution in [0.4, 0.5) is 0 Å². The summed E-state index contributed by atoms with van der Waals surface area (Å²) in [6.45, 7) is 4.65. The van der Waals surface area contributed by atoms with Gasteiger partial charge in [0.25, 0.3) is 0 Å². The molecule has 2 amide bonds. The number of likely N-dealkylation sites (tertiary alicyclic amines) is 1. The number of piperidine rings is 1. The monoisotopic (exact) mass is 416 g/mol. The molecule has 2 aliphatic heterocycles. The summed E-state index contributed by atoms with van der Waals surface area (Å²) in [6.07, 6.45) is 9.81. The van der Waals surface area contributed by atoms with Gasteiger partial charge in [-0.15, -0.1) is 11.8 Å². The molecule has 4 nitrogen and oxygen atoms in total. The number of nitrogens with zero attached hydrogens (tertiary/aromatic N) is 2. The second-order valence-corrected chi connectivity index (χ2v) is 9.83. The van der Waals surface area contributed by atoms with Crippen LogP contribution in [-0.4, -0.2) is 51.9 Å². The molecule has 0 radical (unpaired) electrons. The summed E-state index contributed by atoms with van der Waals surface area (Å²) >= 11 is 1.93. The van der Waals surface area contributed by atoms with Crippen LogP contribution >= 0.6 is 11.8 Å². The first-order valence-corrected chi connectivity index (χ1v) is 12.4. The van der Waals surface area contributed by atoms with Crippen molar-refractivity contribution in [2.75, 3.05) is 25.4 Å². The lowest BCUT2D eigenvalue weighted by atomic mass is 10.00. The fourth-order valence-electron chi connectivity index (χ4n) is 4.55. The van der Waals surface area contributed by atoms with Crippen LogP contribution in [0.2, 0.25) is 0 Å². The second-order valence-electron chi connectivity index (χ2n) is 8.37. The largest absolute Gasteiger partial charge is 0.342 e. The summed E-state index contributed by atoms with van der Waals surface area (Å²) in [5, 5.41) is 0. The van der Waals surface area contributed by atoms with Crippen LogP contribution in [0.15, 0.2) is 30.3 Å². The zero-order chi connectivity index (χ0) is 20.5. The van der Waals surface area contributed by atoms with E-state index < -0.39 is 0 Å². The highest BCUT2D eigenvalue weighted by Gasteiger charge is 2.46. The van der Waals surface area contributed by atoms with Crippen molar-refractivity contribution in [2.24, 2.45) is 0 Å². The molecule has 0 N–H and O–H groups in total. The summed E-state index contributed by atoms with van der Waals surface area (Å²) < 4.78 is 0. The van der Waals surface area contributed by atoms with Crippen molar-refractivity contribution in [3.8, 4) is 0 Å². The minimum Gasteiger partial charge on any atom is -0.342 e. The predicted molar refractivity (Wildman–Crippen MR) is 121 cm³/mol. The predicted octanol–water partition coefficient (Wildman–Crippen LogP) is 4.87. The van der Waals surface area contributed by atoms with Gasteiger partial charge in [-0.1, -0.05) is 62.9 Å². The van der Waals surface area contributed by atoms with Crippen molar-refractivity contribution in [2.45, 2.75) is 76.0 Å². The van der Waals surface area contributed by atoms with Gasteiger partial charge in [0.05, 0.1) is 4.87 Å². The Hall–Kier alpha value is -1.49. The maximum absolute atomic E-state index is 13.0. The molecule has 3 rings (SSSR count). The van der Waals surface area contributed by atoms with E-state index in [0.717, 1.165) is 57.5 Å². The van der Waals surface area contributed by atoms with Crippen LogP contribution in [0, 0.1) is 0 Å². The van der Waals surface area contributed by atoms with E-state index in [1.165, 1.54) is 24.8 Å². The van der Waals surface area contributed by atoms with E-state index in [2.05, 4.69) is 24.0 Å². The number of aryl methyl sites for hydroxylation is 1. The van der Waals surface area contributed by atoms with Crippen molar-refractivity contribution >= 4 is 23.6 Å². The van der Waals surface area contributed by atoms with E-state index in [1.54, 1.807) is 0 Å². The number of rotatable bonds is 9. The normalized spacial score (nSPS) is 18.4. The fraction of sp³-hybridized carbons (Fsp3) is 0.667. The van der Waals surface area contributed by atoms with Gasteiger partial charge in [-0.2, -0.15) is 0 Å². The Morgan fingerprint density at radius 3 is 2.38 bits per heavy atom. The van der Waals surface area contributed by atoms with Gasteiger partial charge in [0, 0.05) is 38.2 Å². The van der Waals surface area contributed by atoms with Crippen molar-refractivity contribution in [1.82, 2.24) is 9.80 Å². The molecule has 0 bridgehead atoms. The first-order valence-electron chi connectivity index (χ1n) is 11.4. The van der Waals surface area contributed by atoms with Gasteiger partial charge in [-0.3, -0.25) is 9.59 Å². The van der Waals surface area contributed by atoms with E-state index in [-0.39, 0.29) is 10.8 Å². The molecule has 2 fully saturated rings. The quantitative estimate of drug-likeness (QED) is 0.539. The lowest BCUT2D eigenvalue weighted by molar-refractivity contribution is -0.137. The fourth-order valence-corrected chi connectivity index (χ4v) is 6.02. The Balaban J connectivity index is 1.45. The Labute approximate surface area is 180 Å². The minimum atomic E-state index is -0.0777. The molecule has 0 unspecified atom stereocenters. The molecule has 1 aromatic carbocycles. The third kappa shape index (κ3) is 6.00. The summed E-state index contributed by atoms with van der Waals surface area (Å²) in [5.74, 6) is 1.60. The maximum atomic E-state index is 13.0. The molecular weight excluding hydrogens is 380 g/mol. The summed E-state index contributed by atoms with van der Waals surface area (Å²) in [4.78, 5) is 29.6. The van der Waals surface area contributed by atoms with E-state index in [4.69, 9.17) is 0 Å². The summed E-state index contributed by atoms with van der Waals surface area (Å²) in [5.41, 5.74) is 1.22. The Morgan fingerprint density at radius 2 is 1.66 bits per heavy atom. The van der Waals surface area contributed by atoms with Crippen LogP contribution in [0.25, 0.3) is 0 Å². The number of benzene rings is 1. The molecule has 0 saturated carbocycles. The molecule has 0 aliphatic carbocycles. The number of thioether (sulfide) groups is 1. The summed E-state index contributed by atoms with van der Waals surface area (Å²) in [6, 6.07) is 10.3. The van der Waals surface area contributed by atoms with E-state index in [0.29, 0.717) is 18.7 Å². The van der Waals surface area contributed by atoms with Crippen molar-refractivity contribution in [3.05, 3.63) is 35.9 Å². The molecule has 1 aromatic rings. The third-order valence-corrected chi connectivity index (χ3v) is 7.89. The first-order chi connectivity index (χ1) is 14.1. The van der Waals surface area contributed by atoms with Crippen LogP contribution in [0.3, 0.4) is 0 Å². The topological polar surface area (TPSA) is 40.6 Å². The molecule has 160 valence electrons. The number of carbonyl (C=O) groups is 2. The molecule has 0 aromatic heterocycles. The third-order valence-electron chi connectivity index (χ3n) is 6.34. The molecule has 2 saturated heterocycles. The number of amides is 2. The molecule has 2 aliphatic rings. The average molecular weight is 417 g/mol. The molecule has 0 atom stereocenters. The highest BCUT2D eigenvalue weighted by molar-refractivity contribution is 8.00. The van der Waals surface area contributed by atoms with Crippen LogP contribution < -0.4 is 0 Å². The standard InChI is InChI=1S/C24H36N2O2S/c1-2-3-4-5-9-12-22(27)25-17-15-24(16-18-25)26(19-20-29-24)23(28)14-13-21-10-7-6-8-11-21/h6-8,10-11H,2-5,9,12-20H2,1H3. The first kappa shape index (κ1) is 22.2. The molecular formula is C24H36N2O2S. The van der Waals surface area contributed by atoms with E-state index in [9.17, 15) is 9.59 Å². The zero-order valence-corrected chi connectivity index (χ0v) is 18.7. The number of hydrogen-bond donors (Lipinski definition) is 0.